The van der Waals surface area contributed by atoms with Crippen LogP contribution in [0.5, 0.6) is 5.75 Å². The van der Waals surface area contributed by atoms with Gasteiger partial charge in [-0.25, -0.2) is 4.79 Å². The zero-order valence-electron chi connectivity index (χ0n) is 11.1. The van der Waals surface area contributed by atoms with E-state index >= 15 is 0 Å². The summed E-state index contributed by atoms with van der Waals surface area (Å²) in [6.07, 6.45) is 1.56. The van der Waals surface area contributed by atoms with Gasteiger partial charge in [-0.3, -0.25) is 5.32 Å². The molecule has 108 valence electrons. The van der Waals surface area contributed by atoms with Gasteiger partial charge in [0.2, 0.25) is 0 Å². The summed E-state index contributed by atoms with van der Waals surface area (Å²) in [5.41, 5.74) is 0.969. The first kappa shape index (κ1) is 13.8. The summed E-state index contributed by atoms with van der Waals surface area (Å²) in [5, 5.41) is 10.3. The number of nitrogens with one attached hydrogen (secondary N) is 1. The highest BCUT2D eigenvalue weighted by atomic mass is 79.9. The number of carbonyl (C=O) groups is 1. The van der Waals surface area contributed by atoms with Crippen molar-refractivity contribution in [2.75, 3.05) is 18.5 Å². The van der Waals surface area contributed by atoms with Crippen LogP contribution in [0, 0.1) is 0 Å². The maximum absolute atomic E-state index is 12.3. The molecule has 1 aromatic heterocycles. The van der Waals surface area contributed by atoms with Crippen molar-refractivity contribution < 1.29 is 9.53 Å². The minimum Gasteiger partial charge on any atom is -0.491 e. The Bertz CT molecular complexity index is 651. The number of rotatable bonds is 1. The van der Waals surface area contributed by atoms with E-state index in [1.54, 1.807) is 23.2 Å². The molecule has 6 nitrogen and oxygen atoms in total. The number of benzene rings is 1. The molecule has 3 rings (SSSR count). The standard InChI is InChI=1S/C14H13BrN4O2/c15-11-3-4-12-10(8-11)9-19(6-7-21-12)14(20)17-13-2-1-5-16-18-13/h1-5,8H,6-7,9H2,(H,17,18,20). The highest BCUT2D eigenvalue weighted by molar-refractivity contribution is 9.10. The number of halogens is 1. The van der Waals surface area contributed by atoms with Gasteiger partial charge in [-0.2, -0.15) is 5.10 Å². The third-order valence-corrected chi connectivity index (χ3v) is 3.59. The molecular weight excluding hydrogens is 336 g/mol. The monoisotopic (exact) mass is 348 g/mol. The predicted molar refractivity (Wildman–Crippen MR) is 81.1 cm³/mol. The Labute approximate surface area is 130 Å². The zero-order valence-corrected chi connectivity index (χ0v) is 12.7. The van der Waals surface area contributed by atoms with Crippen molar-refractivity contribution in [3.8, 4) is 5.75 Å². The second-order valence-electron chi connectivity index (χ2n) is 4.56. The van der Waals surface area contributed by atoms with Gasteiger partial charge in [0.1, 0.15) is 12.4 Å². The van der Waals surface area contributed by atoms with E-state index in [0.717, 1.165) is 15.8 Å². The van der Waals surface area contributed by atoms with E-state index in [1.165, 1.54) is 0 Å². The Morgan fingerprint density at radius 1 is 1.38 bits per heavy atom. The lowest BCUT2D eigenvalue weighted by Crippen LogP contribution is -2.36. The van der Waals surface area contributed by atoms with Gasteiger partial charge in [-0.15, -0.1) is 5.10 Å². The first-order chi connectivity index (χ1) is 10.2. The summed E-state index contributed by atoms with van der Waals surface area (Å²) < 4.78 is 6.62. The highest BCUT2D eigenvalue weighted by Gasteiger charge is 2.20. The molecule has 2 aromatic rings. The number of ether oxygens (including phenoxy) is 1. The fraction of sp³-hybridized carbons (Fsp3) is 0.214. The van der Waals surface area contributed by atoms with Gasteiger partial charge in [-0.05, 0) is 30.3 Å². The van der Waals surface area contributed by atoms with Crippen LogP contribution in [-0.2, 0) is 6.54 Å². The Balaban J connectivity index is 1.75. The van der Waals surface area contributed by atoms with E-state index in [-0.39, 0.29) is 6.03 Å². The quantitative estimate of drug-likeness (QED) is 0.860. The van der Waals surface area contributed by atoms with Crippen molar-refractivity contribution in [1.82, 2.24) is 15.1 Å². The third-order valence-electron chi connectivity index (χ3n) is 3.10. The first-order valence-electron chi connectivity index (χ1n) is 6.47. The molecule has 0 radical (unpaired) electrons. The predicted octanol–water partition coefficient (Wildman–Crippen LogP) is 2.67. The van der Waals surface area contributed by atoms with Crippen molar-refractivity contribution >= 4 is 27.8 Å². The third kappa shape index (κ3) is 3.30. The number of amides is 2. The minimum absolute atomic E-state index is 0.216. The molecule has 0 unspecified atom stereocenters. The molecule has 2 heterocycles. The van der Waals surface area contributed by atoms with E-state index < -0.39 is 0 Å². The van der Waals surface area contributed by atoms with Crippen molar-refractivity contribution in [3.05, 3.63) is 46.6 Å². The summed E-state index contributed by atoms with van der Waals surface area (Å²) in [5.74, 6) is 1.25. The molecule has 0 aliphatic carbocycles. The topological polar surface area (TPSA) is 67.4 Å². The number of urea groups is 1. The molecule has 0 atom stereocenters. The van der Waals surface area contributed by atoms with Gasteiger partial charge < -0.3 is 9.64 Å². The lowest BCUT2D eigenvalue weighted by molar-refractivity contribution is 0.200. The van der Waals surface area contributed by atoms with Crippen molar-refractivity contribution in [2.24, 2.45) is 0 Å². The van der Waals surface area contributed by atoms with E-state index in [0.29, 0.717) is 25.5 Å². The molecule has 1 aliphatic heterocycles. The number of anilines is 1. The molecule has 2 amide bonds. The van der Waals surface area contributed by atoms with E-state index in [2.05, 4.69) is 31.4 Å². The molecule has 0 fully saturated rings. The number of aromatic nitrogens is 2. The van der Waals surface area contributed by atoms with Crippen LogP contribution in [0.3, 0.4) is 0 Å². The molecule has 1 N–H and O–H groups in total. The smallest absolute Gasteiger partial charge is 0.323 e. The maximum Gasteiger partial charge on any atom is 0.323 e. The van der Waals surface area contributed by atoms with E-state index in [1.807, 2.05) is 18.2 Å². The molecule has 7 heteroatoms. The summed E-state index contributed by atoms with van der Waals surface area (Å²) in [7, 11) is 0. The Hall–Kier alpha value is -2.15. The Kier molecular flexibility index (Phi) is 4.01. The number of hydrogen-bond acceptors (Lipinski definition) is 4. The SMILES string of the molecule is O=C(Nc1cccnn1)N1CCOc2ccc(Br)cc2C1. The van der Waals surface area contributed by atoms with Crippen LogP contribution < -0.4 is 10.1 Å². The van der Waals surface area contributed by atoms with Crippen LogP contribution in [0.15, 0.2) is 41.0 Å². The van der Waals surface area contributed by atoms with Crippen LogP contribution in [0.2, 0.25) is 0 Å². The van der Waals surface area contributed by atoms with Gasteiger partial charge in [0.25, 0.3) is 0 Å². The van der Waals surface area contributed by atoms with Crippen LogP contribution >= 0.6 is 15.9 Å². The molecule has 1 aliphatic rings. The van der Waals surface area contributed by atoms with E-state index in [4.69, 9.17) is 4.74 Å². The normalized spacial score (nSPS) is 13.9. The van der Waals surface area contributed by atoms with Gasteiger partial charge >= 0.3 is 6.03 Å². The number of carbonyl (C=O) groups excluding carboxylic acids is 1. The van der Waals surface area contributed by atoms with Crippen molar-refractivity contribution in [3.63, 3.8) is 0 Å². The molecule has 0 saturated heterocycles. The lowest BCUT2D eigenvalue weighted by Gasteiger charge is -2.19. The van der Waals surface area contributed by atoms with Gasteiger partial charge in [0.15, 0.2) is 5.82 Å². The Morgan fingerprint density at radius 3 is 3.10 bits per heavy atom. The molecule has 1 aromatic carbocycles. The number of nitrogens with zero attached hydrogens (tertiary/aromatic N) is 3. The van der Waals surface area contributed by atoms with Crippen LogP contribution in [0.25, 0.3) is 0 Å². The van der Waals surface area contributed by atoms with Crippen molar-refractivity contribution in [2.45, 2.75) is 6.54 Å². The maximum atomic E-state index is 12.3. The largest absolute Gasteiger partial charge is 0.491 e. The molecule has 21 heavy (non-hydrogen) atoms. The molecular formula is C14H13BrN4O2. The highest BCUT2D eigenvalue weighted by Crippen LogP contribution is 2.26. The molecule has 0 bridgehead atoms. The van der Waals surface area contributed by atoms with Crippen LogP contribution in [0.1, 0.15) is 5.56 Å². The van der Waals surface area contributed by atoms with Crippen LogP contribution in [-0.4, -0.2) is 34.3 Å². The van der Waals surface area contributed by atoms with Gasteiger partial charge in [0.05, 0.1) is 13.1 Å². The van der Waals surface area contributed by atoms with E-state index in [9.17, 15) is 4.79 Å². The summed E-state index contributed by atoms with van der Waals surface area (Å²) in [6.45, 7) is 1.46. The second-order valence-corrected chi connectivity index (χ2v) is 5.48. The average molecular weight is 349 g/mol. The number of hydrogen-bond donors (Lipinski definition) is 1. The second kappa shape index (κ2) is 6.09. The fourth-order valence-electron chi connectivity index (χ4n) is 2.09. The fourth-order valence-corrected chi connectivity index (χ4v) is 2.50. The molecule has 0 spiro atoms. The Morgan fingerprint density at radius 2 is 2.29 bits per heavy atom. The summed E-state index contributed by atoms with van der Waals surface area (Å²) in [6, 6.07) is 9.00. The molecule has 0 saturated carbocycles. The average Bonchev–Trinajstić information content (AvgIpc) is 2.70. The summed E-state index contributed by atoms with van der Waals surface area (Å²) >= 11 is 3.43. The van der Waals surface area contributed by atoms with Crippen molar-refractivity contribution in [1.29, 1.82) is 0 Å². The summed E-state index contributed by atoms with van der Waals surface area (Å²) in [4.78, 5) is 14.0. The van der Waals surface area contributed by atoms with Crippen LogP contribution in [0.4, 0.5) is 10.6 Å². The lowest BCUT2D eigenvalue weighted by atomic mass is 10.2. The zero-order chi connectivity index (χ0) is 14.7. The number of fused-ring (bicyclic) bond motifs is 1. The van der Waals surface area contributed by atoms with Gasteiger partial charge in [0, 0.05) is 16.2 Å². The minimum atomic E-state index is -0.216. The van der Waals surface area contributed by atoms with Gasteiger partial charge in [-0.1, -0.05) is 15.9 Å². The first-order valence-corrected chi connectivity index (χ1v) is 7.26.